The molecule has 0 saturated carbocycles. The highest BCUT2D eigenvalue weighted by atomic mass is 32.2. The highest BCUT2D eigenvalue weighted by Crippen LogP contribution is 2.25. The monoisotopic (exact) mass is 386 g/mol. The van der Waals surface area contributed by atoms with Gasteiger partial charge in [0.05, 0.1) is 12.3 Å². The maximum atomic E-state index is 12.9. The Balaban J connectivity index is 1.76. The molecule has 3 rings (SSSR count). The van der Waals surface area contributed by atoms with Gasteiger partial charge in [0.15, 0.2) is 0 Å². The Morgan fingerprint density at radius 3 is 2.26 bits per heavy atom. The summed E-state index contributed by atoms with van der Waals surface area (Å²) in [4.78, 5) is 12.9. The van der Waals surface area contributed by atoms with Crippen LogP contribution in [0.5, 0.6) is 0 Å². The molecule has 1 fully saturated rings. The first-order valence-electron chi connectivity index (χ1n) is 9.21. The van der Waals surface area contributed by atoms with E-state index in [0.717, 1.165) is 16.7 Å². The van der Waals surface area contributed by atoms with Crippen molar-refractivity contribution in [2.45, 2.75) is 25.8 Å². The number of carbonyl (C=O) groups is 1. The van der Waals surface area contributed by atoms with Crippen LogP contribution in [0.4, 0.5) is 0 Å². The van der Waals surface area contributed by atoms with Gasteiger partial charge in [-0.3, -0.25) is 4.79 Å². The molecule has 1 aliphatic rings. The van der Waals surface area contributed by atoms with Crippen molar-refractivity contribution in [1.82, 2.24) is 9.62 Å². The maximum Gasteiger partial charge on any atom is 0.223 e. The molecule has 144 valence electrons. The van der Waals surface area contributed by atoms with Crippen LogP contribution < -0.4 is 5.32 Å². The molecule has 6 heteroatoms. The smallest absolute Gasteiger partial charge is 0.223 e. The molecule has 1 heterocycles. The number of benzene rings is 2. The van der Waals surface area contributed by atoms with Crippen LogP contribution in [0.1, 0.15) is 35.6 Å². The van der Waals surface area contributed by atoms with Gasteiger partial charge in [-0.2, -0.15) is 0 Å². The Bertz CT molecular complexity index is 889. The molecule has 0 aliphatic carbocycles. The molecule has 2 aromatic carbocycles. The molecular weight excluding hydrogens is 360 g/mol. The van der Waals surface area contributed by atoms with Crippen LogP contribution in [0.3, 0.4) is 0 Å². The van der Waals surface area contributed by atoms with E-state index < -0.39 is 10.0 Å². The van der Waals surface area contributed by atoms with Crippen LogP contribution in [0.2, 0.25) is 0 Å². The maximum absolute atomic E-state index is 12.9. The van der Waals surface area contributed by atoms with E-state index in [9.17, 15) is 13.2 Å². The Morgan fingerprint density at radius 2 is 1.67 bits per heavy atom. The second kappa shape index (κ2) is 8.23. The first kappa shape index (κ1) is 19.6. The molecule has 1 amide bonds. The van der Waals surface area contributed by atoms with Crippen molar-refractivity contribution in [1.29, 1.82) is 0 Å². The largest absolute Gasteiger partial charge is 0.345 e. The summed E-state index contributed by atoms with van der Waals surface area (Å²) in [5, 5.41) is 3.19. The number of nitrogens with zero attached hydrogens (tertiary/aromatic N) is 1. The lowest BCUT2D eigenvalue weighted by Crippen LogP contribution is -2.43. The average molecular weight is 387 g/mol. The van der Waals surface area contributed by atoms with Crippen LogP contribution in [-0.4, -0.2) is 38.0 Å². The normalized spacial score (nSPS) is 17.4. The lowest BCUT2D eigenvalue weighted by atomic mass is 9.93. The summed E-state index contributed by atoms with van der Waals surface area (Å²) in [6.45, 7) is 2.84. The molecule has 0 bridgehead atoms. The molecule has 1 atom stereocenters. The number of carbonyl (C=O) groups excluding carboxylic acids is 1. The van der Waals surface area contributed by atoms with Crippen LogP contribution in [0.25, 0.3) is 0 Å². The van der Waals surface area contributed by atoms with E-state index in [1.165, 1.54) is 10.6 Å². The minimum absolute atomic E-state index is 0.0153. The molecular formula is C21H26N2O3S. The molecule has 0 spiro atoms. The lowest BCUT2D eigenvalue weighted by Gasteiger charge is -2.31. The summed E-state index contributed by atoms with van der Waals surface area (Å²) in [6.07, 6.45) is 2.32. The fraction of sp³-hybridized carbons (Fsp3) is 0.381. The number of piperidine rings is 1. The second-order valence-corrected chi connectivity index (χ2v) is 9.19. The van der Waals surface area contributed by atoms with Gasteiger partial charge >= 0.3 is 0 Å². The van der Waals surface area contributed by atoms with Gasteiger partial charge in [0.25, 0.3) is 0 Å². The Kier molecular flexibility index (Phi) is 5.97. The summed E-state index contributed by atoms with van der Waals surface area (Å²) in [5.74, 6) is -0.183. The summed E-state index contributed by atoms with van der Waals surface area (Å²) in [5.41, 5.74) is 3.22. The van der Waals surface area contributed by atoms with Crippen molar-refractivity contribution in [3.63, 3.8) is 0 Å². The van der Waals surface area contributed by atoms with E-state index in [1.807, 2.05) is 55.5 Å². The third-order valence-corrected chi connectivity index (χ3v) is 6.39. The molecule has 5 nitrogen and oxygen atoms in total. The van der Waals surface area contributed by atoms with E-state index in [1.54, 1.807) is 0 Å². The van der Waals surface area contributed by atoms with Crippen LogP contribution in [0.15, 0.2) is 54.6 Å². The highest BCUT2D eigenvalue weighted by Gasteiger charge is 2.30. The van der Waals surface area contributed by atoms with Crippen molar-refractivity contribution < 1.29 is 13.2 Å². The van der Waals surface area contributed by atoms with Crippen LogP contribution in [0, 0.1) is 12.8 Å². The van der Waals surface area contributed by atoms with Crippen molar-refractivity contribution in [2.75, 3.05) is 19.3 Å². The van der Waals surface area contributed by atoms with E-state index in [4.69, 9.17) is 0 Å². The number of hydrogen-bond acceptors (Lipinski definition) is 3. The lowest BCUT2D eigenvalue weighted by molar-refractivity contribution is -0.126. The quantitative estimate of drug-likeness (QED) is 0.859. The SMILES string of the molecule is Cc1cccc([C@H](NC(=O)C2CCN(S(C)(=O)=O)CC2)c2ccccc2)c1. The third-order valence-electron chi connectivity index (χ3n) is 5.09. The van der Waals surface area contributed by atoms with Gasteiger partial charge in [-0.25, -0.2) is 12.7 Å². The Morgan fingerprint density at radius 1 is 1.04 bits per heavy atom. The zero-order valence-electron chi connectivity index (χ0n) is 15.8. The average Bonchev–Trinajstić information content (AvgIpc) is 2.66. The van der Waals surface area contributed by atoms with Crippen molar-refractivity contribution in [3.8, 4) is 0 Å². The summed E-state index contributed by atoms with van der Waals surface area (Å²) >= 11 is 0. The predicted molar refractivity (Wildman–Crippen MR) is 107 cm³/mol. The van der Waals surface area contributed by atoms with Crippen molar-refractivity contribution >= 4 is 15.9 Å². The first-order chi connectivity index (χ1) is 12.8. The van der Waals surface area contributed by atoms with Gasteiger partial charge < -0.3 is 5.32 Å². The van der Waals surface area contributed by atoms with Crippen LogP contribution in [-0.2, 0) is 14.8 Å². The fourth-order valence-corrected chi connectivity index (χ4v) is 4.44. The van der Waals surface area contributed by atoms with Gasteiger partial charge in [0.1, 0.15) is 0 Å². The summed E-state index contributed by atoms with van der Waals surface area (Å²) in [6, 6.07) is 17.8. The predicted octanol–water partition coefficient (Wildman–Crippen LogP) is 2.87. The number of sulfonamides is 1. The molecule has 1 aliphatic heterocycles. The first-order valence-corrected chi connectivity index (χ1v) is 11.1. The zero-order chi connectivity index (χ0) is 19.4. The van der Waals surface area contributed by atoms with Crippen LogP contribution >= 0.6 is 0 Å². The van der Waals surface area contributed by atoms with E-state index in [-0.39, 0.29) is 17.9 Å². The Labute approximate surface area is 161 Å². The van der Waals surface area contributed by atoms with Gasteiger partial charge in [-0.15, -0.1) is 0 Å². The molecule has 1 saturated heterocycles. The minimum Gasteiger partial charge on any atom is -0.345 e. The Hall–Kier alpha value is -2.18. The highest BCUT2D eigenvalue weighted by molar-refractivity contribution is 7.88. The summed E-state index contributed by atoms with van der Waals surface area (Å²) in [7, 11) is -3.19. The molecule has 0 radical (unpaired) electrons. The van der Waals surface area contributed by atoms with Crippen molar-refractivity contribution in [2.24, 2.45) is 5.92 Å². The fourth-order valence-electron chi connectivity index (χ4n) is 3.56. The van der Waals surface area contributed by atoms with E-state index in [2.05, 4.69) is 11.4 Å². The molecule has 27 heavy (non-hydrogen) atoms. The third kappa shape index (κ3) is 4.96. The van der Waals surface area contributed by atoms with Crippen molar-refractivity contribution in [3.05, 3.63) is 71.3 Å². The topological polar surface area (TPSA) is 66.5 Å². The number of amides is 1. The molecule has 0 aromatic heterocycles. The number of nitrogens with one attached hydrogen (secondary N) is 1. The van der Waals surface area contributed by atoms with Gasteiger partial charge in [-0.1, -0.05) is 60.2 Å². The van der Waals surface area contributed by atoms with Gasteiger partial charge in [0.2, 0.25) is 15.9 Å². The molecule has 1 N–H and O–H groups in total. The van der Waals surface area contributed by atoms with Gasteiger partial charge in [0, 0.05) is 19.0 Å². The molecule has 0 unspecified atom stereocenters. The number of rotatable bonds is 5. The minimum atomic E-state index is -3.19. The summed E-state index contributed by atoms with van der Waals surface area (Å²) < 4.78 is 24.8. The number of aryl methyl sites for hydroxylation is 1. The van der Waals surface area contributed by atoms with Gasteiger partial charge in [-0.05, 0) is 30.9 Å². The second-order valence-electron chi connectivity index (χ2n) is 7.20. The van der Waals surface area contributed by atoms with E-state index in [0.29, 0.717) is 25.9 Å². The zero-order valence-corrected chi connectivity index (χ0v) is 16.6. The molecule has 2 aromatic rings. The van der Waals surface area contributed by atoms with E-state index >= 15 is 0 Å². The number of hydrogen-bond donors (Lipinski definition) is 1. The standard InChI is InChI=1S/C21H26N2O3S/c1-16-7-6-10-19(15-16)20(17-8-4-3-5-9-17)22-21(24)18-11-13-23(14-12-18)27(2,25)26/h3-10,15,18,20H,11-14H2,1-2H3,(H,22,24)/t20-/m1/s1.